The molecule has 0 aliphatic heterocycles. The molecule has 0 heterocycles. The van der Waals surface area contributed by atoms with E-state index in [4.69, 9.17) is 9.47 Å². The third-order valence-electron chi connectivity index (χ3n) is 3.74. The van der Waals surface area contributed by atoms with Gasteiger partial charge in [-0.25, -0.2) is 4.21 Å². The van der Waals surface area contributed by atoms with E-state index < -0.39 is 10.8 Å². The Morgan fingerprint density at radius 1 is 0.792 bits per heavy atom. The quantitative estimate of drug-likeness (QED) is 0.771. The molecule has 3 nitrogen and oxygen atoms in total. The predicted octanol–water partition coefficient (Wildman–Crippen LogP) is 4.91. The molecule has 0 amide bonds. The summed E-state index contributed by atoms with van der Waals surface area (Å²) in [5.74, 6) is 0.778. The minimum atomic E-state index is -1.21. The zero-order valence-electron chi connectivity index (χ0n) is 15.3. The second-order valence-corrected chi connectivity index (χ2v) is 8.67. The summed E-state index contributed by atoms with van der Waals surface area (Å²) in [6.07, 6.45) is 0. The zero-order valence-corrected chi connectivity index (χ0v) is 16.1. The summed E-state index contributed by atoms with van der Waals surface area (Å²) in [6, 6.07) is 15.1. The van der Waals surface area contributed by atoms with Gasteiger partial charge in [-0.1, -0.05) is 12.1 Å². The molecule has 0 aliphatic rings. The molecule has 0 saturated carbocycles. The summed E-state index contributed by atoms with van der Waals surface area (Å²) in [4.78, 5) is 1.53. The molecule has 24 heavy (non-hydrogen) atoms. The van der Waals surface area contributed by atoms with Crippen LogP contribution in [0, 0.1) is 0 Å². The van der Waals surface area contributed by atoms with Crippen molar-refractivity contribution >= 4 is 10.8 Å². The largest absolute Gasteiger partial charge is 0.488 e. The van der Waals surface area contributed by atoms with E-state index in [0.717, 1.165) is 21.1 Å². The molecule has 0 fully saturated rings. The molecule has 2 rings (SSSR count). The van der Waals surface area contributed by atoms with E-state index in [-0.39, 0.29) is 11.2 Å². The van der Waals surface area contributed by atoms with E-state index >= 15 is 0 Å². The van der Waals surface area contributed by atoms with E-state index in [0.29, 0.717) is 0 Å². The van der Waals surface area contributed by atoms with Crippen molar-refractivity contribution in [3.63, 3.8) is 0 Å². The molecule has 130 valence electrons. The Morgan fingerprint density at radius 3 is 1.67 bits per heavy atom. The van der Waals surface area contributed by atoms with Crippen LogP contribution >= 0.6 is 0 Å². The van der Waals surface area contributed by atoms with Crippen molar-refractivity contribution in [2.24, 2.45) is 0 Å². The van der Waals surface area contributed by atoms with Gasteiger partial charge in [-0.15, -0.1) is 0 Å². The van der Waals surface area contributed by atoms with Gasteiger partial charge in [0.05, 0.1) is 16.4 Å². The van der Waals surface area contributed by atoms with Gasteiger partial charge >= 0.3 is 0 Å². The van der Waals surface area contributed by atoms with E-state index in [9.17, 15) is 4.21 Å². The van der Waals surface area contributed by atoms with Crippen LogP contribution in [0.5, 0.6) is 5.75 Å². The molecule has 0 bridgehead atoms. The zero-order chi connectivity index (χ0) is 18.0. The minimum Gasteiger partial charge on any atom is -0.488 e. The SMILES string of the molecule is COC(C)(C)c1ccc(S(=O)c2ccc(OC(C)(C)C)cc2)cc1. The van der Waals surface area contributed by atoms with Crippen LogP contribution in [0.4, 0.5) is 0 Å². The summed E-state index contributed by atoms with van der Waals surface area (Å²) in [5.41, 5.74) is 0.455. The van der Waals surface area contributed by atoms with Crippen LogP contribution in [0.25, 0.3) is 0 Å². The van der Waals surface area contributed by atoms with Crippen molar-refractivity contribution < 1.29 is 13.7 Å². The predicted molar refractivity (Wildman–Crippen MR) is 98.0 cm³/mol. The third kappa shape index (κ3) is 4.68. The van der Waals surface area contributed by atoms with Gasteiger partial charge in [-0.05, 0) is 76.6 Å². The lowest BCUT2D eigenvalue weighted by molar-refractivity contribution is 0.0192. The highest BCUT2D eigenvalue weighted by Crippen LogP contribution is 2.26. The molecule has 0 radical (unpaired) electrons. The van der Waals surface area contributed by atoms with Crippen molar-refractivity contribution in [2.75, 3.05) is 7.11 Å². The van der Waals surface area contributed by atoms with Gasteiger partial charge in [0, 0.05) is 16.9 Å². The van der Waals surface area contributed by atoms with Gasteiger partial charge in [0.1, 0.15) is 11.4 Å². The summed E-state index contributed by atoms with van der Waals surface area (Å²) in [5, 5.41) is 0. The van der Waals surface area contributed by atoms with Gasteiger partial charge < -0.3 is 9.47 Å². The number of hydrogen-bond donors (Lipinski definition) is 0. The fourth-order valence-corrected chi connectivity index (χ4v) is 3.26. The fraction of sp³-hybridized carbons (Fsp3) is 0.400. The first-order valence-corrected chi connectivity index (χ1v) is 9.14. The maximum Gasteiger partial charge on any atom is 0.120 e. The first-order chi connectivity index (χ1) is 11.1. The molecule has 0 aliphatic carbocycles. The van der Waals surface area contributed by atoms with Crippen molar-refractivity contribution in [2.45, 2.75) is 55.6 Å². The lowest BCUT2D eigenvalue weighted by atomic mass is 9.98. The Bertz CT molecular complexity index is 695. The second kappa shape index (κ2) is 7.08. The number of rotatable bonds is 5. The van der Waals surface area contributed by atoms with Crippen LogP contribution in [-0.2, 0) is 21.1 Å². The lowest BCUT2D eigenvalue weighted by Crippen LogP contribution is -2.22. The highest BCUT2D eigenvalue weighted by molar-refractivity contribution is 7.85. The second-order valence-electron chi connectivity index (χ2n) is 7.19. The smallest absolute Gasteiger partial charge is 0.120 e. The van der Waals surface area contributed by atoms with Crippen LogP contribution in [0.1, 0.15) is 40.2 Å². The van der Waals surface area contributed by atoms with Gasteiger partial charge in [0.15, 0.2) is 0 Å². The minimum absolute atomic E-state index is 0.245. The average molecular weight is 346 g/mol. The first-order valence-electron chi connectivity index (χ1n) is 7.99. The molecule has 0 N–H and O–H groups in total. The maximum atomic E-state index is 12.7. The molecule has 1 atom stereocenters. The van der Waals surface area contributed by atoms with Crippen LogP contribution in [0.15, 0.2) is 58.3 Å². The van der Waals surface area contributed by atoms with E-state index in [2.05, 4.69) is 0 Å². The number of benzene rings is 2. The number of ether oxygens (including phenoxy) is 2. The van der Waals surface area contributed by atoms with Gasteiger partial charge in [-0.3, -0.25) is 0 Å². The Balaban J connectivity index is 2.17. The van der Waals surface area contributed by atoms with E-state index in [1.165, 1.54) is 0 Å². The molecular weight excluding hydrogens is 320 g/mol. The van der Waals surface area contributed by atoms with Crippen LogP contribution in [-0.4, -0.2) is 16.9 Å². The molecule has 0 spiro atoms. The Labute approximate surface area is 147 Å². The van der Waals surface area contributed by atoms with Gasteiger partial charge in [0.2, 0.25) is 0 Å². The summed E-state index contributed by atoms with van der Waals surface area (Å²) < 4.78 is 24.0. The number of methoxy groups -OCH3 is 1. The standard InChI is InChI=1S/C20H26O3S/c1-19(2,3)23-16-9-13-18(14-10-16)24(21)17-11-7-15(8-12-17)20(4,5)22-6/h7-14H,1-6H3. The third-order valence-corrected chi connectivity index (χ3v) is 5.14. The Morgan fingerprint density at radius 2 is 1.25 bits per heavy atom. The molecule has 4 heteroatoms. The molecule has 2 aromatic carbocycles. The molecular formula is C20H26O3S. The molecule has 0 aromatic heterocycles. The average Bonchev–Trinajstić information content (AvgIpc) is 2.53. The molecule has 0 saturated heterocycles. The van der Waals surface area contributed by atoms with Gasteiger partial charge in [-0.2, -0.15) is 0 Å². The topological polar surface area (TPSA) is 35.5 Å². The van der Waals surface area contributed by atoms with Crippen molar-refractivity contribution in [3.05, 3.63) is 54.1 Å². The highest BCUT2D eigenvalue weighted by Gasteiger charge is 2.19. The molecule has 2 aromatic rings. The van der Waals surface area contributed by atoms with E-state index in [1.807, 2.05) is 83.1 Å². The van der Waals surface area contributed by atoms with Crippen molar-refractivity contribution in [3.8, 4) is 5.75 Å². The normalized spacial score (nSPS) is 13.6. The summed E-state index contributed by atoms with van der Waals surface area (Å²) in [6.45, 7) is 10.0. The maximum absolute atomic E-state index is 12.7. The van der Waals surface area contributed by atoms with Crippen molar-refractivity contribution in [1.29, 1.82) is 0 Å². The number of hydrogen-bond acceptors (Lipinski definition) is 3. The van der Waals surface area contributed by atoms with E-state index in [1.54, 1.807) is 7.11 Å². The fourth-order valence-electron chi connectivity index (χ4n) is 2.22. The Hall–Kier alpha value is -1.65. The van der Waals surface area contributed by atoms with Crippen LogP contribution in [0.3, 0.4) is 0 Å². The summed E-state index contributed by atoms with van der Waals surface area (Å²) >= 11 is 0. The Kier molecular flexibility index (Phi) is 5.51. The van der Waals surface area contributed by atoms with Crippen molar-refractivity contribution in [1.82, 2.24) is 0 Å². The van der Waals surface area contributed by atoms with Gasteiger partial charge in [0.25, 0.3) is 0 Å². The summed E-state index contributed by atoms with van der Waals surface area (Å²) in [7, 11) is 0.476. The monoisotopic (exact) mass is 346 g/mol. The lowest BCUT2D eigenvalue weighted by Gasteiger charge is -2.23. The van der Waals surface area contributed by atoms with Crippen LogP contribution < -0.4 is 4.74 Å². The van der Waals surface area contributed by atoms with Crippen LogP contribution in [0.2, 0.25) is 0 Å². The highest BCUT2D eigenvalue weighted by atomic mass is 32.2. The molecule has 1 unspecified atom stereocenters. The first kappa shape index (κ1) is 18.7.